The number of aryl methyl sites for hydroxylation is 1. The van der Waals surface area contributed by atoms with E-state index in [9.17, 15) is 9.59 Å². The Hall–Kier alpha value is -3.68. The summed E-state index contributed by atoms with van der Waals surface area (Å²) in [5.41, 5.74) is 3.26. The molecule has 154 valence electrons. The average molecular weight is 405 g/mol. The quantitative estimate of drug-likeness (QED) is 0.471. The molecule has 0 aliphatic carbocycles. The summed E-state index contributed by atoms with van der Waals surface area (Å²) in [6, 6.07) is 15.1. The molecule has 0 unspecified atom stereocenters. The van der Waals surface area contributed by atoms with Gasteiger partial charge in [0.25, 0.3) is 0 Å². The topological polar surface area (TPSA) is 86.2 Å². The minimum atomic E-state index is -0.391. The van der Waals surface area contributed by atoms with Gasteiger partial charge in [-0.15, -0.1) is 0 Å². The maximum atomic E-state index is 12.7. The van der Waals surface area contributed by atoms with E-state index in [1.165, 1.54) is 6.33 Å². The van der Waals surface area contributed by atoms with Gasteiger partial charge in [0.2, 0.25) is 5.91 Å². The molecule has 0 spiro atoms. The van der Waals surface area contributed by atoms with Gasteiger partial charge < -0.3 is 9.32 Å². The van der Waals surface area contributed by atoms with Gasteiger partial charge in [-0.2, -0.15) is 5.10 Å². The first-order valence-corrected chi connectivity index (χ1v) is 9.83. The van der Waals surface area contributed by atoms with E-state index >= 15 is 0 Å². The van der Waals surface area contributed by atoms with Gasteiger partial charge >= 0.3 is 5.76 Å². The molecule has 0 N–H and O–H groups in total. The van der Waals surface area contributed by atoms with Crippen molar-refractivity contribution >= 4 is 17.0 Å². The number of benzene rings is 2. The number of amides is 1. The van der Waals surface area contributed by atoms with Gasteiger partial charge in [0.05, 0.1) is 17.2 Å². The Bertz CT molecular complexity index is 1190. The molecule has 0 aliphatic rings. The number of carbonyl (C=O) groups excluding carboxylic acids is 1. The predicted molar refractivity (Wildman–Crippen MR) is 112 cm³/mol. The zero-order chi connectivity index (χ0) is 21.1. The summed E-state index contributed by atoms with van der Waals surface area (Å²) in [5, 5.41) is 4.11. The van der Waals surface area contributed by atoms with Crippen molar-refractivity contribution in [2.75, 3.05) is 7.05 Å². The summed E-state index contributed by atoms with van der Waals surface area (Å²) in [4.78, 5) is 30.4. The third kappa shape index (κ3) is 3.89. The first-order valence-electron chi connectivity index (χ1n) is 9.83. The molecule has 4 rings (SSSR count). The summed E-state index contributed by atoms with van der Waals surface area (Å²) in [7, 11) is 1.80. The highest BCUT2D eigenvalue weighted by Crippen LogP contribution is 2.21. The Morgan fingerprint density at radius 2 is 1.93 bits per heavy atom. The number of aromatic nitrogens is 4. The average Bonchev–Trinajstić information content (AvgIpc) is 3.41. The molecule has 8 heteroatoms. The number of carbonyl (C=O) groups is 1. The van der Waals surface area contributed by atoms with Crippen molar-refractivity contribution in [1.82, 2.24) is 24.2 Å². The molecule has 0 radical (unpaired) electrons. The Morgan fingerprint density at radius 3 is 2.67 bits per heavy atom. The number of rotatable bonds is 7. The van der Waals surface area contributed by atoms with Crippen LogP contribution in [-0.2, 0) is 11.3 Å². The summed E-state index contributed by atoms with van der Waals surface area (Å²) in [6.07, 6.45) is 4.04. The molecule has 0 saturated heterocycles. The van der Waals surface area contributed by atoms with Crippen molar-refractivity contribution in [1.29, 1.82) is 0 Å². The van der Waals surface area contributed by atoms with Crippen molar-refractivity contribution in [3.8, 4) is 5.69 Å². The smallest absolute Gasteiger partial charge is 0.408 e. The summed E-state index contributed by atoms with van der Waals surface area (Å²) >= 11 is 0. The van der Waals surface area contributed by atoms with Gasteiger partial charge in [0.15, 0.2) is 5.58 Å². The van der Waals surface area contributed by atoms with Crippen LogP contribution in [0.3, 0.4) is 0 Å². The Balaban J connectivity index is 1.36. The van der Waals surface area contributed by atoms with Gasteiger partial charge in [-0.1, -0.05) is 24.3 Å². The molecule has 0 aliphatic heterocycles. The maximum absolute atomic E-state index is 12.7. The van der Waals surface area contributed by atoms with E-state index in [4.69, 9.17) is 4.42 Å². The highest BCUT2D eigenvalue weighted by molar-refractivity contribution is 5.76. The van der Waals surface area contributed by atoms with E-state index in [1.807, 2.05) is 49.4 Å². The van der Waals surface area contributed by atoms with Crippen molar-refractivity contribution in [3.05, 3.63) is 77.3 Å². The number of oxazole rings is 1. The van der Waals surface area contributed by atoms with Crippen LogP contribution >= 0.6 is 0 Å². The second-order valence-corrected chi connectivity index (χ2v) is 7.20. The largest absolute Gasteiger partial charge is 0.419 e. The zero-order valence-corrected chi connectivity index (χ0v) is 16.9. The van der Waals surface area contributed by atoms with Crippen LogP contribution in [0.5, 0.6) is 0 Å². The van der Waals surface area contributed by atoms with Crippen LogP contribution in [0.1, 0.15) is 31.4 Å². The minimum Gasteiger partial charge on any atom is -0.408 e. The number of para-hydroxylation sites is 2. The van der Waals surface area contributed by atoms with E-state index in [0.29, 0.717) is 25.0 Å². The molecule has 30 heavy (non-hydrogen) atoms. The Labute approximate surface area is 173 Å². The molecule has 0 saturated carbocycles. The molecular weight excluding hydrogens is 382 g/mol. The molecule has 1 atom stereocenters. The summed E-state index contributed by atoms with van der Waals surface area (Å²) in [6.45, 7) is 2.44. The van der Waals surface area contributed by atoms with E-state index < -0.39 is 5.76 Å². The maximum Gasteiger partial charge on any atom is 0.419 e. The molecule has 0 fully saturated rings. The Morgan fingerprint density at radius 1 is 1.17 bits per heavy atom. The van der Waals surface area contributed by atoms with Crippen molar-refractivity contribution in [2.45, 2.75) is 32.4 Å². The highest BCUT2D eigenvalue weighted by atomic mass is 16.4. The van der Waals surface area contributed by atoms with Gasteiger partial charge in [-0.3, -0.25) is 9.36 Å². The summed E-state index contributed by atoms with van der Waals surface area (Å²) < 4.78 is 8.50. The summed E-state index contributed by atoms with van der Waals surface area (Å²) in [5.74, 6) is -0.360. The molecule has 4 aromatic rings. The normalized spacial score (nSPS) is 12.2. The number of hydrogen-bond acceptors (Lipinski definition) is 5. The van der Waals surface area contributed by atoms with Crippen LogP contribution in [0.4, 0.5) is 0 Å². The molecule has 2 aromatic carbocycles. The SMILES string of the molecule is C[C@@H](c1ccc(-n2cncn2)cc1)N(C)C(=O)CCCn1c(=O)oc2ccccc21. The fourth-order valence-electron chi connectivity index (χ4n) is 3.48. The third-order valence-corrected chi connectivity index (χ3v) is 5.38. The number of nitrogens with zero attached hydrogens (tertiary/aromatic N) is 5. The van der Waals surface area contributed by atoms with Crippen LogP contribution in [0, 0.1) is 0 Å². The number of fused-ring (bicyclic) bond motifs is 1. The second kappa shape index (κ2) is 8.36. The van der Waals surface area contributed by atoms with Crippen LogP contribution in [0.2, 0.25) is 0 Å². The fourth-order valence-corrected chi connectivity index (χ4v) is 3.48. The van der Waals surface area contributed by atoms with E-state index in [0.717, 1.165) is 16.8 Å². The molecule has 2 heterocycles. The van der Waals surface area contributed by atoms with E-state index in [1.54, 1.807) is 33.6 Å². The van der Waals surface area contributed by atoms with Crippen molar-refractivity contribution in [3.63, 3.8) is 0 Å². The first-order chi connectivity index (χ1) is 14.5. The third-order valence-electron chi connectivity index (χ3n) is 5.38. The van der Waals surface area contributed by atoms with Gasteiger partial charge in [0, 0.05) is 20.0 Å². The lowest BCUT2D eigenvalue weighted by Gasteiger charge is -2.25. The van der Waals surface area contributed by atoms with Crippen molar-refractivity contribution < 1.29 is 9.21 Å². The van der Waals surface area contributed by atoms with Gasteiger partial charge in [0.1, 0.15) is 12.7 Å². The minimum absolute atomic E-state index is 0.0312. The lowest BCUT2D eigenvalue weighted by Crippen LogP contribution is -2.29. The molecule has 0 bridgehead atoms. The van der Waals surface area contributed by atoms with Crippen LogP contribution in [-0.4, -0.2) is 37.2 Å². The van der Waals surface area contributed by atoms with E-state index in [2.05, 4.69) is 10.1 Å². The van der Waals surface area contributed by atoms with Gasteiger partial charge in [-0.25, -0.2) is 14.5 Å². The van der Waals surface area contributed by atoms with Gasteiger partial charge in [-0.05, 0) is 43.2 Å². The predicted octanol–water partition coefficient (Wildman–Crippen LogP) is 3.18. The van der Waals surface area contributed by atoms with Crippen molar-refractivity contribution in [2.24, 2.45) is 0 Å². The molecule has 2 aromatic heterocycles. The monoisotopic (exact) mass is 405 g/mol. The van der Waals surface area contributed by atoms with Crippen LogP contribution < -0.4 is 5.76 Å². The molecular formula is C22H23N5O3. The number of hydrogen-bond donors (Lipinski definition) is 0. The lowest BCUT2D eigenvalue weighted by atomic mass is 10.1. The molecule has 1 amide bonds. The fraction of sp³-hybridized carbons (Fsp3) is 0.273. The second-order valence-electron chi connectivity index (χ2n) is 7.20. The lowest BCUT2D eigenvalue weighted by molar-refractivity contribution is -0.131. The zero-order valence-electron chi connectivity index (χ0n) is 16.9. The van der Waals surface area contributed by atoms with Crippen LogP contribution in [0.15, 0.2) is 70.4 Å². The highest BCUT2D eigenvalue weighted by Gasteiger charge is 2.18. The van der Waals surface area contributed by atoms with E-state index in [-0.39, 0.29) is 11.9 Å². The standard InChI is InChI=1S/C22H23N5O3/c1-16(17-9-11-18(12-10-17)27-15-23-14-24-27)25(2)21(28)8-5-13-26-19-6-3-4-7-20(19)30-22(26)29/h3-4,6-7,9-12,14-16H,5,8,13H2,1-2H3/t16-/m0/s1. The molecule has 8 nitrogen and oxygen atoms in total. The Kier molecular flexibility index (Phi) is 5.47. The van der Waals surface area contributed by atoms with Crippen LogP contribution in [0.25, 0.3) is 16.8 Å². The first kappa shape index (κ1) is 19.6.